The van der Waals surface area contributed by atoms with Crippen molar-refractivity contribution in [3.63, 3.8) is 0 Å². The molecule has 2 atom stereocenters. The Bertz CT molecular complexity index is 1220. The first-order valence-electron chi connectivity index (χ1n) is 10.7. The third-order valence-corrected chi connectivity index (χ3v) is 5.75. The molecule has 2 saturated heterocycles. The standard InChI is InChI=1S/C22H21F3N6O3/c1-12-18-7-13(8-27-20(18)30-21(28-12)31-10-14-6-15(31)9-26-14)29-19(32)11-33-16-2-4-17(5-3-16)34-22(23,24)25/h2-5,7-8,14-15,26H,6,9-11H2,1H3,(H,29,32). The number of benzene rings is 1. The maximum atomic E-state index is 12.3. The zero-order valence-corrected chi connectivity index (χ0v) is 18.1. The Morgan fingerprint density at radius 3 is 2.68 bits per heavy atom. The van der Waals surface area contributed by atoms with E-state index < -0.39 is 12.3 Å². The molecular weight excluding hydrogens is 453 g/mol. The van der Waals surface area contributed by atoms with Gasteiger partial charge in [0.2, 0.25) is 5.95 Å². The average Bonchev–Trinajstić information content (AvgIpc) is 3.42. The first-order valence-corrected chi connectivity index (χ1v) is 10.7. The van der Waals surface area contributed by atoms with Crippen molar-refractivity contribution in [2.45, 2.75) is 31.8 Å². The quantitative estimate of drug-likeness (QED) is 0.563. The van der Waals surface area contributed by atoms with Gasteiger partial charge in [-0.3, -0.25) is 4.79 Å². The van der Waals surface area contributed by atoms with Gasteiger partial charge in [-0.15, -0.1) is 13.2 Å². The highest BCUT2D eigenvalue weighted by Gasteiger charge is 2.39. The van der Waals surface area contributed by atoms with Gasteiger partial charge in [-0.25, -0.2) is 9.97 Å². The van der Waals surface area contributed by atoms with Crippen molar-refractivity contribution in [1.29, 1.82) is 0 Å². The zero-order chi connectivity index (χ0) is 23.9. The van der Waals surface area contributed by atoms with Crippen LogP contribution in [-0.4, -0.2) is 59.0 Å². The average molecular weight is 474 g/mol. The fraction of sp³-hybridized carbons (Fsp3) is 0.364. The molecule has 1 amide bonds. The number of ether oxygens (including phenoxy) is 2. The number of piperazine rings is 1. The lowest BCUT2D eigenvalue weighted by atomic mass is 10.2. The van der Waals surface area contributed by atoms with Crippen LogP contribution in [0.3, 0.4) is 0 Å². The summed E-state index contributed by atoms with van der Waals surface area (Å²) in [6.45, 7) is 3.35. The molecule has 9 nitrogen and oxygen atoms in total. The van der Waals surface area contributed by atoms with E-state index in [-0.39, 0.29) is 18.1 Å². The summed E-state index contributed by atoms with van der Waals surface area (Å²) in [6, 6.07) is 7.40. The number of halogens is 3. The molecule has 34 heavy (non-hydrogen) atoms. The molecule has 3 aromatic rings. The number of hydrogen-bond acceptors (Lipinski definition) is 8. The zero-order valence-electron chi connectivity index (χ0n) is 18.1. The van der Waals surface area contributed by atoms with Crippen LogP contribution in [0.4, 0.5) is 24.8 Å². The number of amides is 1. The second-order valence-corrected chi connectivity index (χ2v) is 8.21. The molecule has 4 heterocycles. The Kier molecular flexibility index (Phi) is 5.60. The van der Waals surface area contributed by atoms with Gasteiger partial charge in [0.25, 0.3) is 5.91 Å². The van der Waals surface area contributed by atoms with Crippen LogP contribution in [0.15, 0.2) is 36.5 Å². The van der Waals surface area contributed by atoms with Gasteiger partial charge in [0.1, 0.15) is 11.5 Å². The van der Waals surface area contributed by atoms with Crippen molar-refractivity contribution in [3.05, 3.63) is 42.2 Å². The van der Waals surface area contributed by atoms with E-state index in [1.165, 1.54) is 18.3 Å². The summed E-state index contributed by atoms with van der Waals surface area (Å²) < 4.78 is 45.8. The van der Waals surface area contributed by atoms with Crippen molar-refractivity contribution < 1.29 is 27.4 Å². The van der Waals surface area contributed by atoms with Crippen molar-refractivity contribution in [2.75, 3.05) is 29.9 Å². The number of alkyl halides is 3. The number of carbonyl (C=O) groups excluding carboxylic acids is 1. The maximum Gasteiger partial charge on any atom is 0.573 e. The highest BCUT2D eigenvalue weighted by Crippen LogP contribution is 2.29. The number of nitrogens with zero attached hydrogens (tertiary/aromatic N) is 4. The number of rotatable bonds is 6. The summed E-state index contributed by atoms with van der Waals surface area (Å²) in [4.78, 5) is 28.2. The van der Waals surface area contributed by atoms with E-state index in [1.54, 1.807) is 6.07 Å². The number of pyridine rings is 1. The van der Waals surface area contributed by atoms with Crippen LogP contribution in [0.2, 0.25) is 0 Å². The van der Waals surface area contributed by atoms with Crippen LogP contribution >= 0.6 is 0 Å². The minimum Gasteiger partial charge on any atom is -0.484 e. The SMILES string of the molecule is Cc1nc(N2CC3CC2CN3)nc2ncc(NC(=O)COc3ccc(OC(F)(F)F)cc3)cc12. The van der Waals surface area contributed by atoms with E-state index in [0.717, 1.165) is 42.7 Å². The molecule has 5 rings (SSSR count). The van der Waals surface area contributed by atoms with Gasteiger partial charge in [-0.2, -0.15) is 4.98 Å². The summed E-state index contributed by atoms with van der Waals surface area (Å²) >= 11 is 0. The number of aromatic nitrogens is 3. The predicted octanol–water partition coefficient (Wildman–Crippen LogP) is 2.80. The molecule has 2 aromatic heterocycles. The maximum absolute atomic E-state index is 12.3. The summed E-state index contributed by atoms with van der Waals surface area (Å²) in [7, 11) is 0. The van der Waals surface area contributed by atoms with Crippen molar-refractivity contribution in [1.82, 2.24) is 20.3 Å². The van der Waals surface area contributed by atoms with E-state index >= 15 is 0 Å². The molecule has 0 aliphatic carbocycles. The minimum absolute atomic E-state index is 0.226. The Morgan fingerprint density at radius 2 is 2.00 bits per heavy atom. The molecule has 0 radical (unpaired) electrons. The number of aryl methyl sites for hydroxylation is 1. The minimum atomic E-state index is -4.77. The van der Waals surface area contributed by atoms with Gasteiger partial charge < -0.3 is 25.0 Å². The molecule has 178 valence electrons. The van der Waals surface area contributed by atoms with E-state index in [4.69, 9.17) is 4.74 Å². The summed E-state index contributed by atoms with van der Waals surface area (Å²) in [5.74, 6) is 0.0703. The lowest BCUT2D eigenvalue weighted by Gasteiger charge is -2.27. The Labute approximate surface area is 192 Å². The number of carbonyl (C=O) groups is 1. The van der Waals surface area contributed by atoms with E-state index in [1.807, 2.05) is 6.92 Å². The Balaban J connectivity index is 1.21. The Hall–Kier alpha value is -3.67. The topological polar surface area (TPSA) is 102 Å². The van der Waals surface area contributed by atoms with Crippen molar-refractivity contribution in [3.8, 4) is 11.5 Å². The Morgan fingerprint density at radius 1 is 1.24 bits per heavy atom. The van der Waals surface area contributed by atoms with Gasteiger partial charge in [0, 0.05) is 30.6 Å². The molecule has 2 aliphatic heterocycles. The number of fused-ring (bicyclic) bond motifs is 3. The molecular formula is C22H21F3N6O3. The smallest absolute Gasteiger partial charge is 0.484 e. The van der Waals surface area contributed by atoms with Gasteiger partial charge in [0.15, 0.2) is 12.3 Å². The fourth-order valence-electron chi connectivity index (χ4n) is 4.23. The fourth-order valence-corrected chi connectivity index (χ4v) is 4.23. The van der Waals surface area contributed by atoms with Crippen LogP contribution in [0, 0.1) is 6.92 Å². The largest absolute Gasteiger partial charge is 0.573 e. The van der Waals surface area contributed by atoms with Crippen LogP contribution in [-0.2, 0) is 4.79 Å². The lowest BCUT2D eigenvalue weighted by Crippen LogP contribution is -2.44. The van der Waals surface area contributed by atoms with Crippen LogP contribution < -0.4 is 25.0 Å². The molecule has 2 aliphatic rings. The number of hydrogen-bond donors (Lipinski definition) is 2. The molecule has 12 heteroatoms. The highest BCUT2D eigenvalue weighted by atomic mass is 19.4. The van der Waals surface area contributed by atoms with Gasteiger partial charge in [-0.1, -0.05) is 0 Å². The summed E-state index contributed by atoms with van der Waals surface area (Å²) in [5, 5.41) is 6.87. The first-order chi connectivity index (χ1) is 16.2. The van der Waals surface area contributed by atoms with Gasteiger partial charge >= 0.3 is 6.36 Å². The summed E-state index contributed by atoms with van der Waals surface area (Å²) in [6.07, 6.45) is -2.17. The second-order valence-electron chi connectivity index (χ2n) is 8.21. The summed E-state index contributed by atoms with van der Waals surface area (Å²) in [5.41, 5.74) is 1.77. The third-order valence-electron chi connectivity index (χ3n) is 5.75. The molecule has 2 fully saturated rings. The molecule has 0 spiro atoms. The van der Waals surface area contributed by atoms with Crippen LogP contribution in [0.25, 0.3) is 11.0 Å². The number of nitrogens with one attached hydrogen (secondary N) is 2. The third kappa shape index (κ3) is 4.81. The van der Waals surface area contributed by atoms with Gasteiger partial charge in [0.05, 0.1) is 17.6 Å². The molecule has 2 N–H and O–H groups in total. The first kappa shape index (κ1) is 22.1. The van der Waals surface area contributed by atoms with Gasteiger partial charge in [-0.05, 0) is 43.7 Å². The monoisotopic (exact) mass is 474 g/mol. The molecule has 1 aromatic carbocycles. The molecule has 2 bridgehead atoms. The van der Waals surface area contributed by atoms with Crippen LogP contribution in [0.5, 0.6) is 11.5 Å². The van der Waals surface area contributed by atoms with Crippen molar-refractivity contribution in [2.24, 2.45) is 0 Å². The molecule has 0 saturated carbocycles. The van der Waals surface area contributed by atoms with Crippen molar-refractivity contribution >= 4 is 28.6 Å². The lowest BCUT2D eigenvalue weighted by molar-refractivity contribution is -0.274. The van der Waals surface area contributed by atoms with Crippen LogP contribution in [0.1, 0.15) is 12.1 Å². The number of anilines is 2. The van der Waals surface area contributed by atoms with E-state index in [9.17, 15) is 18.0 Å². The highest BCUT2D eigenvalue weighted by molar-refractivity contribution is 5.94. The van der Waals surface area contributed by atoms with E-state index in [2.05, 4.69) is 35.2 Å². The normalized spacial score (nSPS) is 19.5. The molecule has 2 unspecified atom stereocenters. The van der Waals surface area contributed by atoms with E-state index in [0.29, 0.717) is 29.4 Å². The predicted molar refractivity (Wildman–Crippen MR) is 117 cm³/mol. The second kappa shape index (κ2) is 8.60.